The van der Waals surface area contributed by atoms with E-state index in [1.807, 2.05) is 18.4 Å². The van der Waals surface area contributed by atoms with Gasteiger partial charge >= 0.3 is 0 Å². The van der Waals surface area contributed by atoms with E-state index < -0.39 is 0 Å². The highest BCUT2D eigenvalue weighted by Gasteiger charge is 2.36. The number of ether oxygens (including phenoxy) is 1. The number of hydrogen-bond donors (Lipinski definition) is 2. The molecule has 0 aromatic carbocycles. The summed E-state index contributed by atoms with van der Waals surface area (Å²) in [5.41, 5.74) is 0.410. The van der Waals surface area contributed by atoms with Crippen molar-refractivity contribution in [3.8, 4) is 0 Å². The molecule has 0 radical (unpaired) electrons. The zero-order valence-corrected chi connectivity index (χ0v) is 14.8. The number of hydrogen-bond acceptors (Lipinski definition) is 3. The van der Waals surface area contributed by atoms with E-state index >= 15 is 0 Å². The standard InChI is InChI=1S/C17H29N3OS/c1-14(15-6-4-11-22-15)12-19-16(18-2)20-13-17(7-5-8-17)9-10-21-3/h4,6,11,14H,5,7-10,12-13H2,1-3H3,(H2,18,19,20). The lowest BCUT2D eigenvalue weighted by Crippen LogP contribution is -2.47. The van der Waals surface area contributed by atoms with Gasteiger partial charge in [-0.15, -0.1) is 11.3 Å². The Labute approximate surface area is 138 Å². The lowest BCUT2D eigenvalue weighted by Gasteiger charge is -2.42. The summed E-state index contributed by atoms with van der Waals surface area (Å²) in [6.45, 7) is 5.00. The molecule has 124 valence electrons. The molecular formula is C17H29N3OS. The van der Waals surface area contributed by atoms with Crippen LogP contribution in [-0.2, 0) is 4.74 Å². The van der Waals surface area contributed by atoms with E-state index in [2.05, 4.69) is 40.1 Å². The third-order valence-electron chi connectivity index (χ3n) is 4.71. The Kier molecular flexibility index (Phi) is 6.70. The van der Waals surface area contributed by atoms with Crippen molar-refractivity contribution in [2.24, 2.45) is 10.4 Å². The molecule has 1 aliphatic rings. The fraction of sp³-hybridized carbons (Fsp3) is 0.706. The van der Waals surface area contributed by atoms with Gasteiger partial charge < -0.3 is 15.4 Å². The highest BCUT2D eigenvalue weighted by atomic mass is 32.1. The molecule has 0 amide bonds. The van der Waals surface area contributed by atoms with Crippen LogP contribution in [0.2, 0.25) is 0 Å². The Morgan fingerprint density at radius 2 is 2.27 bits per heavy atom. The molecule has 2 rings (SSSR count). The van der Waals surface area contributed by atoms with E-state index in [4.69, 9.17) is 4.74 Å². The molecular weight excluding hydrogens is 294 g/mol. The summed E-state index contributed by atoms with van der Waals surface area (Å²) in [4.78, 5) is 5.76. The maximum Gasteiger partial charge on any atom is 0.191 e. The summed E-state index contributed by atoms with van der Waals surface area (Å²) < 4.78 is 5.25. The molecule has 0 bridgehead atoms. The van der Waals surface area contributed by atoms with E-state index in [0.29, 0.717) is 11.3 Å². The van der Waals surface area contributed by atoms with Crippen LogP contribution in [0.3, 0.4) is 0 Å². The van der Waals surface area contributed by atoms with Crippen LogP contribution in [0.15, 0.2) is 22.5 Å². The van der Waals surface area contributed by atoms with E-state index in [0.717, 1.165) is 32.1 Å². The van der Waals surface area contributed by atoms with E-state index in [1.54, 1.807) is 7.11 Å². The molecule has 1 saturated carbocycles. The third-order valence-corrected chi connectivity index (χ3v) is 5.81. The van der Waals surface area contributed by atoms with Crippen molar-refractivity contribution >= 4 is 17.3 Å². The molecule has 1 aromatic rings. The Morgan fingerprint density at radius 3 is 2.82 bits per heavy atom. The smallest absolute Gasteiger partial charge is 0.191 e. The van der Waals surface area contributed by atoms with Gasteiger partial charge in [0.1, 0.15) is 0 Å². The first-order valence-corrected chi connectivity index (χ1v) is 9.04. The maximum absolute atomic E-state index is 5.25. The number of nitrogens with zero attached hydrogens (tertiary/aromatic N) is 1. The van der Waals surface area contributed by atoms with Crippen molar-refractivity contribution in [2.75, 3.05) is 33.9 Å². The van der Waals surface area contributed by atoms with Crippen LogP contribution in [0.25, 0.3) is 0 Å². The minimum atomic E-state index is 0.410. The first-order chi connectivity index (χ1) is 10.7. The second kappa shape index (κ2) is 8.53. The van der Waals surface area contributed by atoms with Gasteiger partial charge in [0.05, 0.1) is 0 Å². The van der Waals surface area contributed by atoms with Crippen LogP contribution in [0, 0.1) is 5.41 Å². The first-order valence-electron chi connectivity index (χ1n) is 8.16. The van der Waals surface area contributed by atoms with Crippen molar-refractivity contribution in [1.29, 1.82) is 0 Å². The molecule has 1 atom stereocenters. The summed E-state index contributed by atoms with van der Waals surface area (Å²) >= 11 is 1.82. The van der Waals surface area contributed by atoms with E-state index in [9.17, 15) is 0 Å². The number of aliphatic imine (C=N–C) groups is 1. The fourth-order valence-electron chi connectivity index (χ4n) is 2.92. The summed E-state index contributed by atoms with van der Waals surface area (Å²) in [6, 6.07) is 4.31. The highest BCUT2D eigenvalue weighted by molar-refractivity contribution is 7.10. The molecule has 4 nitrogen and oxygen atoms in total. The van der Waals surface area contributed by atoms with Gasteiger partial charge in [0, 0.05) is 44.6 Å². The first kappa shape index (κ1) is 17.3. The largest absolute Gasteiger partial charge is 0.385 e. The zero-order chi connectivity index (χ0) is 15.8. The van der Waals surface area contributed by atoms with Crippen LogP contribution in [0.4, 0.5) is 0 Å². The third kappa shape index (κ3) is 4.71. The normalized spacial score (nSPS) is 18.6. The Hall–Kier alpha value is -1.07. The van der Waals surface area contributed by atoms with Gasteiger partial charge in [-0.3, -0.25) is 4.99 Å². The van der Waals surface area contributed by atoms with Crippen LogP contribution in [0.5, 0.6) is 0 Å². The van der Waals surface area contributed by atoms with Crippen molar-refractivity contribution < 1.29 is 4.74 Å². The quantitative estimate of drug-likeness (QED) is 0.570. The molecule has 2 N–H and O–H groups in total. The van der Waals surface area contributed by atoms with Crippen molar-refractivity contribution in [1.82, 2.24) is 10.6 Å². The molecule has 0 saturated heterocycles. The zero-order valence-electron chi connectivity index (χ0n) is 14.0. The molecule has 1 aromatic heterocycles. The monoisotopic (exact) mass is 323 g/mol. The lowest BCUT2D eigenvalue weighted by molar-refractivity contribution is 0.0732. The molecule has 1 aliphatic carbocycles. The summed E-state index contributed by atoms with van der Waals surface area (Å²) in [7, 11) is 3.62. The topological polar surface area (TPSA) is 45.7 Å². The van der Waals surface area contributed by atoms with Crippen LogP contribution in [0.1, 0.15) is 43.4 Å². The van der Waals surface area contributed by atoms with Crippen molar-refractivity contribution in [3.05, 3.63) is 22.4 Å². The SMILES string of the molecule is CN=C(NCC(C)c1cccs1)NCC1(CCOC)CCC1. The van der Waals surface area contributed by atoms with Gasteiger partial charge in [-0.2, -0.15) is 0 Å². The minimum absolute atomic E-state index is 0.410. The maximum atomic E-state index is 5.25. The van der Waals surface area contributed by atoms with Crippen molar-refractivity contribution in [2.45, 2.75) is 38.5 Å². The molecule has 22 heavy (non-hydrogen) atoms. The van der Waals surface area contributed by atoms with Gasteiger partial charge in [-0.05, 0) is 36.1 Å². The average Bonchev–Trinajstić information content (AvgIpc) is 3.02. The predicted octanol–water partition coefficient (Wildman–Crippen LogP) is 3.22. The number of nitrogens with one attached hydrogen (secondary N) is 2. The fourth-order valence-corrected chi connectivity index (χ4v) is 3.71. The van der Waals surface area contributed by atoms with Crippen LogP contribution >= 0.6 is 11.3 Å². The molecule has 1 unspecified atom stereocenters. The Bertz CT molecular complexity index is 454. The van der Waals surface area contributed by atoms with Gasteiger partial charge in [-0.1, -0.05) is 19.4 Å². The van der Waals surface area contributed by atoms with E-state index in [1.165, 1.54) is 24.1 Å². The highest BCUT2D eigenvalue weighted by Crippen LogP contribution is 2.43. The number of thiophene rings is 1. The average molecular weight is 324 g/mol. The van der Waals surface area contributed by atoms with Gasteiger partial charge in [0.2, 0.25) is 0 Å². The molecule has 0 aliphatic heterocycles. The molecule has 5 heteroatoms. The summed E-state index contributed by atoms with van der Waals surface area (Å²) in [5.74, 6) is 1.41. The van der Waals surface area contributed by atoms with Crippen molar-refractivity contribution in [3.63, 3.8) is 0 Å². The predicted molar refractivity (Wildman–Crippen MR) is 94.9 cm³/mol. The van der Waals surface area contributed by atoms with Crippen LogP contribution in [-0.4, -0.2) is 39.8 Å². The van der Waals surface area contributed by atoms with Gasteiger partial charge in [0.15, 0.2) is 5.96 Å². The Morgan fingerprint density at radius 1 is 1.45 bits per heavy atom. The Balaban J connectivity index is 1.75. The van der Waals surface area contributed by atoms with Crippen LogP contribution < -0.4 is 10.6 Å². The number of rotatable bonds is 8. The lowest BCUT2D eigenvalue weighted by atomic mass is 9.67. The van der Waals surface area contributed by atoms with E-state index in [-0.39, 0.29) is 0 Å². The number of methoxy groups -OCH3 is 1. The second-order valence-corrected chi connectivity index (χ2v) is 7.30. The summed E-state index contributed by atoms with van der Waals surface area (Å²) in [5, 5.41) is 9.09. The molecule has 1 fully saturated rings. The summed E-state index contributed by atoms with van der Waals surface area (Å²) in [6.07, 6.45) is 5.07. The second-order valence-electron chi connectivity index (χ2n) is 6.32. The minimum Gasteiger partial charge on any atom is -0.385 e. The number of guanidine groups is 1. The molecule has 0 spiro atoms. The molecule has 1 heterocycles. The van der Waals surface area contributed by atoms with Gasteiger partial charge in [0.25, 0.3) is 0 Å². The van der Waals surface area contributed by atoms with Gasteiger partial charge in [-0.25, -0.2) is 0 Å².